The Bertz CT molecular complexity index is 587. The highest BCUT2D eigenvalue weighted by Crippen LogP contribution is 2.31. The number of methoxy groups -OCH3 is 1. The van der Waals surface area contributed by atoms with E-state index in [9.17, 15) is 14.7 Å². The van der Waals surface area contributed by atoms with E-state index in [4.69, 9.17) is 4.74 Å². The van der Waals surface area contributed by atoms with Crippen molar-refractivity contribution in [2.45, 2.75) is 31.7 Å². The van der Waals surface area contributed by atoms with E-state index >= 15 is 0 Å². The number of piperidine rings is 1. The number of rotatable bonds is 1. The molecule has 3 rings (SSSR count). The predicted molar refractivity (Wildman–Crippen MR) is 73.8 cm³/mol. The minimum absolute atomic E-state index is 0.0612. The molecule has 3 heterocycles. The standard InChI is InChI=1S/C15H18N2O4/c1-21-15(20)10-3-5-11-4-2-9-6-13(18)16-7-12(9)14(19)17(11)8-10/h6-7,10-11H,2-5,8H2,1H3,(H,16,18). The summed E-state index contributed by atoms with van der Waals surface area (Å²) in [4.78, 5) is 30.0. The monoisotopic (exact) mass is 290 g/mol. The van der Waals surface area contributed by atoms with Gasteiger partial charge in [-0.3, -0.25) is 9.59 Å². The maximum absolute atomic E-state index is 12.7. The third-order valence-electron chi connectivity index (χ3n) is 4.45. The van der Waals surface area contributed by atoms with Crippen LogP contribution in [0.15, 0.2) is 12.3 Å². The molecular formula is C15H18N2O4. The van der Waals surface area contributed by atoms with E-state index in [-0.39, 0.29) is 29.7 Å². The van der Waals surface area contributed by atoms with Crippen molar-refractivity contribution >= 4 is 11.9 Å². The highest BCUT2D eigenvalue weighted by atomic mass is 16.5. The van der Waals surface area contributed by atoms with Crippen LogP contribution in [-0.4, -0.2) is 46.6 Å². The van der Waals surface area contributed by atoms with Crippen molar-refractivity contribution < 1.29 is 19.4 Å². The number of esters is 1. The molecule has 1 N–H and O–H groups in total. The number of nitrogens with zero attached hydrogens (tertiary/aromatic N) is 2. The Kier molecular flexibility index (Phi) is 3.53. The zero-order chi connectivity index (χ0) is 15.0. The molecule has 1 amide bonds. The van der Waals surface area contributed by atoms with Gasteiger partial charge in [0.15, 0.2) is 0 Å². The molecule has 1 saturated heterocycles. The molecule has 0 spiro atoms. The number of hydrogen-bond acceptors (Lipinski definition) is 5. The third kappa shape index (κ3) is 2.46. The minimum atomic E-state index is -0.255. The van der Waals surface area contributed by atoms with Crippen molar-refractivity contribution in [1.82, 2.24) is 9.88 Å². The van der Waals surface area contributed by atoms with Crippen LogP contribution in [0.25, 0.3) is 0 Å². The molecule has 2 aliphatic rings. The molecular weight excluding hydrogens is 272 g/mol. The highest BCUT2D eigenvalue weighted by molar-refractivity contribution is 5.96. The first kappa shape index (κ1) is 13.9. The SMILES string of the molecule is COC(=O)C1CCC2CCc3cc(O)ncc3C(=O)N2C1. The van der Waals surface area contributed by atoms with Crippen molar-refractivity contribution in [2.75, 3.05) is 13.7 Å². The zero-order valence-corrected chi connectivity index (χ0v) is 11.9. The number of amides is 1. The first-order valence-corrected chi connectivity index (χ1v) is 7.17. The summed E-state index contributed by atoms with van der Waals surface area (Å²) >= 11 is 0. The highest BCUT2D eigenvalue weighted by Gasteiger charge is 2.37. The number of aromatic nitrogens is 1. The second-order valence-corrected chi connectivity index (χ2v) is 5.65. The summed E-state index contributed by atoms with van der Waals surface area (Å²) in [5.41, 5.74) is 1.36. The van der Waals surface area contributed by atoms with Crippen LogP contribution in [0.5, 0.6) is 5.88 Å². The molecule has 0 radical (unpaired) electrons. The van der Waals surface area contributed by atoms with Crippen molar-refractivity contribution in [3.63, 3.8) is 0 Å². The molecule has 0 aliphatic carbocycles. The topological polar surface area (TPSA) is 79.7 Å². The molecule has 0 saturated carbocycles. The van der Waals surface area contributed by atoms with E-state index in [2.05, 4.69) is 4.98 Å². The van der Waals surface area contributed by atoms with Gasteiger partial charge in [0.25, 0.3) is 5.91 Å². The minimum Gasteiger partial charge on any atom is -0.493 e. The molecule has 2 aliphatic heterocycles. The first-order chi connectivity index (χ1) is 10.1. The normalized spacial score (nSPS) is 24.8. The average molecular weight is 290 g/mol. The number of carbonyl (C=O) groups is 2. The summed E-state index contributed by atoms with van der Waals surface area (Å²) < 4.78 is 4.80. The summed E-state index contributed by atoms with van der Waals surface area (Å²) in [7, 11) is 1.38. The van der Waals surface area contributed by atoms with Gasteiger partial charge in [-0.1, -0.05) is 0 Å². The summed E-state index contributed by atoms with van der Waals surface area (Å²) in [6, 6.07) is 1.71. The lowest BCUT2D eigenvalue weighted by Gasteiger charge is -2.37. The molecule has 2 atom stereocenters. The van der Waals surface area contributed by atoms with Crippen molar-refractivity contribution in [3.8, 4) is 5.88 Å². The molecule has 0 bridgehead atoms. The van der Waals surface area contributed by atoms with Gasteiger partial charge in [-0.15, -0.1) is 0 Å². The van der Waals surface area contributed by atoms with Gasteiger partial charge in [0.05, 0.1) is 18.6 Å². The molecule has 21 heavy (non-hydrogen) atoms. The van der Waals surface area contributed by atoms with E-state index in [1.54, 1.807) is 11.0 Å². The molecule has 112 valence electrons. The molecule has 6 heteroatoms. The van der Waals surface area contributed by atoms with Crippen LogP contribution >= 0.6 is 0 Å². The Morgan fingerprint density at radius 3 is 3.00 bits per heavy atom. The van der Waals surface area contributed by atoms with Gasteiger partial charge in [-0.25, -0.2) is 4.98 Å². The van der Waals surface area contributed by atoms with Gasteiger partial charge in [0, 0.05) is 24.8 Å². The Morgan fingerprint density at radius 1 is 1.43 bits per heavy atom. The summed E-state index contributed by atoms with van der Waals surface area (Å²) in [5, 5.41) is 9.47. The Morgan fingerprint density at radius 2 is 2.24 bits per heavy atom. The maximum atomic E-state index is 12.7. The Hall–Kier alpha value is -2.11. The summed E-state index contributed by atoms with van der Waals surface area (Å²) in [5.74, 6) is -0.668. The number of aromatic hydroxyl groups is 1. The fourth-order valence-corrected chi connectivity index (χ4v) is 3.30. The van der Waals surface area contributed by atoms with E-state index in [1.165, 1.54) is 13.3 Å². The van der Waals surface area contributed by atoms with Gasteiger partial charge in [-0.2, -0.15) is 0 Å². The van der Waals surface area contributed by atoms with Crippen LogP contribution in [0, 0.1) is 5.92 Å². The van der Waals surface area contributed by atoms with Crippen molar-refractivity contribution in [3.05, 3.63) is 23.4 Å². The summed E-state index contributed by atoms with van der Waals surface area (Å²) in [6.45, 7) is 0.399. The molecule has 0 aromatic carbocycles. The van der Waals surface area contributed by atoms with Gasteiger partial charge < -0.3 is 14.7 Å². The zero-order valence-electron chi connectivity index (χ0n) is 11.9. The van der Waals surface area contributed by atoms with E-state index in [1.807, 2.05) is 0 Å². The number of aryl methyl sites for hydroxylation is 1. The Labute approximate surface area is 122 Å². The number of pyridine rings is 1. The average Bonchev–Trinajstić information content (AvgIpc) is 2.63. The summed E-state index contributed by atoms with van der Waals surface area (Å²) in [6.07, 6.45) is 4.56. The second-order valence-electron chi connectivity index (χ2n) is 5.65. The molecule has 1 aromatic rings. The fraction of sp³-hybridized carbons (Fsp3) is 0.533. The largest absolute Gasteiger partial charge is 0.493 e. The van der Waals surface area contributed by atoms with Gasteiger partial charge >= 0.3 is 5.97 Å². The van der Waals surface area contributed by atoms with E-state index in [0.29, 0.717) is 12.1 Å². The van der Waals surface area contributed by atoms with E-state index < -0.39 is 0 Å². The van der Waals surface area contributed by atoms with Crippen LogP contribution in [0.2, 0.25) is 0 Å². The van der Waals surface area contributed by atoms with Crippen molar-refractivity contribution in [2.24, 2.45) is 5.92 Å². The smallest absolute Gasteiger partial charge is 0.310 e. The lowest BCUT2D eigenvalue weighted by atomic mass is 9.91. The fourth-order valence-electron chi connectivity index (χ4n) is 3.30. The first-order valence-electron chi connectivity index (χ1n) is 7.17. The Balaban J connectivity index is 1.89. The third-order valence-corrected chi connectivity index (χ3v) is 4.45. The van der Waals surface area contributed by atoms with Crippen LogP contribution < -0.4 is 0 Å². The van der Waals surface area contributed by atoms with E-state index in [0.717, 1.165) is 31.2 Å². The number of fused-ring (bicyclic) bond motifs is 2. The van der Waals surface area contributed by atoms with Crippen LogP contribution in [-0.2, 0) is 16.0 Å². The molecule has 1 aromatic heterocycles. The second kappa shape index (κ2) is 5.35. The van der Waals surface area contributed by atoms with Gasteiger partial charge in [0.2, 0.25) is 5.88 Å². The van der Waals surface area contributed by atoms with Crippen molar-refractivity contribution in [1.29, 1.82) is 0 Å². The molecule has 6 nitrogen and oxygen atoms in total. The number of hydrogen-bond donors (Lipinski definition) is 1. The van der Waals surface area contributed by atoms with Gasteiger partial charge in [0.1, 0.15) is 0 Å². The quantitative estimate of drug-likeness (QED) is 0.784. The van der Waals surface area contributed by atoms with Crippen LogP contribution in [0.3, 0.4) is 0 Å². The number of carbonyl (C=O) groups excluding carboxylic acids is 2. The van der Waals surface area contributed by atoms with Crippen LogP contribution in [0.4, 0.5) is 0 Å². The lowest BCUT2D eigenvalue weighted by molar-refractivity contribution is -0.147. The maximum Gasteiger partial charge on any atom is 0.310 e. The number of ether oxygens (including phenoxy) is 1. The van der Waals surface area contributed by atoms with Gasteiger partial charge in [-0.05, 0) is 31.2 Å². The molecule has 1 fully saturated rings. The lowest BCUT2D eigenvalue weighted by Crippen LogP contribution is -2.48. The molecule has 2 unspecified atom stereocenters. The predicted octanol–water partition coefficient (Wildman–Crippen LogP) is 1.13. The van der Waals surface area contributed by atoms with Crippen LogP contribution in [0.1, 0.15) is 35.2 Å².